The first-order valence-electron chi connectivity index (χ1n) is 8.83. The summed E-state index contributed by atoms with van der Waals surface area (Å²) in [6.07, 6.45) is 1.88. The molecule has 1 aliphatic heterocycles. The number of hydrogen-bond donors (Lipinski definition) is 3. The van der Waals surface area contributed by atoms with Gasteiger partial charge in [0.2, 0.25) is 0 Å². The van der Waals surface area contributed by atoms with Crippen molar-refractivity contribution in [1.82, 2.24) is 15.5 Å². The van der Waals surface area contributed by atoms with Gasteiger partial charge >= 0.3 is 11.9 Å². The molecular weight excluding hydrogens is 402 g/mol. The van der Waals surface area contributed by atoms with E-state index < -0.39 is 30.2 Å². The summed E-state index contributed by atoms with van der Waals surface area (Å²) < 4.78 is 0. The molecule has 3 N–H and O–H groups in total. The van der Waals surface area contributed by atoms with Crippen molar-refractivity contribution in [3.05, 3.63) is 52.2 Å². The molecule has 1 aliphatic rings. The molecule has 0 saturated carbocycles. The monoisotopic (exact) mass is 421 g/mol. The van der Waals surface area contributed by atoms with E-state index in [4.69, 9.17) is 16.7 Å². The van der Waals surface area contributed by atoms with Gasteiger partial charge in [-0.25, -0.2) is 0 Å². The summed E-state index contributed by atoms with van der Waals surface area (Å²) >= 11 is 7.98. The first-order valence-corrected chi connectivity index (χ1v) is 10.2. The van der Waals surface area contributed by atoms with Crippen molar-refractivity contribution in [1.29, 1.82) is 0 Å². The van der Waals surface area contributed by atoms with Gasteiger partial charge in [-0.3, -0.25) is 9.59 Å². The van der Waals surface area contributed by atoms with E-state index in [1.165, 1.54) is 11.8 Å². The van der Waals surface area contributed by atoms with E-state index in [1.54, 1.807) is 12.3 Å². The standard InChI is InChI=1S/C19H20ClN3O4S/c20-16-4-3-11-12(15(16)10-28-17-2-1-6-22-23-17)5-7-21-9-14(11)13(19(26)27)8-18(24)25/h1-4,6,13-14,21H,5,7-10H2,(H,24,25)(H,26,27). The Morgan fingerprint density at radius 1 is 1.32 bits per heavy atom. The Kier molecular flexibility index (Phi) is 6.88. The summed E-state index contributed by atoms with van der Waals surface area (Å²) in [7, 11) is 0. The predicted octanol–water partition coefficient (Wildman–Crippen LogP) is 2.83. The van der Waals surface area contributed by atoms with Gasteiger partial charge in [0, 0.05) is 29.4 Å². The molecule has 2 unspecified atom stereocenters. The van der Waals surface area contributed by atoms with E-state index in [2.05, 4.69) is 15.5 Å². The lowest BCUT2D eigenvalue weighted by atomic mass is 9.81. The molecule has 0 radical (unpaired) electrons. The second-order valence-electron chi connectivity index (χ2n) is 6.55. The van der Waals surface area contributed by atoms with Crippen molar-refractivity contribution in [2.75, 3.05) is 13.1 Å². The van der Waals surface area contributed by atoms with Crippen LogP contribution < -0.4 is 5.32 Å². The van der Waals surface area contributed by atoms with Crippen LogP contribution in [0.15, 0.2) is 35.5 Å². The molecule has 1 aromatic heterocycles. The lowest BCUT2D eigenvalue weighted by molar-refractivity contribution is -0.149. The molecule has 148 valence electrons. The molecule has 7 nitrogen and oxygen atoms in total. The normalized spacial score (nSPS) is 17.4. The highest BCUT2D eigenvalue weighted by atomic mass is 35.5. The van der Waals surface area contributed by atoms with Gasteiger partial charge < -0.3 is 15.5 Å². The smallest absolute Gasteiger partial charge is 0.307 e. The summed E-state index contributed by atoms with van der Waals surface area (Å²) in [5, 5.41) is 31.4. The van der Waals surface area contributed by atoms with E-state index in [-0.39, 0.29) is 0 Å². The van der Waals surface area contributed by atoms with Crippen molar-refractivity contribution in [3.8, 4) is 0 Å². The molecule has 0 bridgehead atoms. The van der Waals surface area contributed by atoms with E-state index in [1.807, 2.05) is 18.2 Å². The molecular formula is C19H20ClN3O4S. The van der Waals surface area contributed by atoms with E-state index in [0.29, 0.717) is 30.3 Å². The van der Waals surface area contributed by atoms with Gasteiger partial charge in [0.15, 0.2) is 0 Å². The minimum Gasteiger partial charge on any atom is -0.481 e. The number of hydrogen-bond acceptors (Lipinski definition) is 6. The van der Waals surface area contributed by atoms with Crippen LogP contribution >= 0.6 is 23.4 Å². The van der Waals surface area contributed by atoms with Gasteiger partial charge in [0.05, 0.1) is 12.3 Å². The topological polar surface area (TPSA) is 112 Å². The highest BCUT2D eigenvalue weighted by molar-refractivity contribution is 7.98. The van der Waals surface area contributed by atoms with Gasteiger partial charge in [-0.2, -0.15) is 5.10 Å². The maximum Gasteiger partial charge on any atom is 0.307 e. The fraction of sp³-hybridized carbons (Fsp3) is 0.368. The number of nitrogens with one attached hydrogen (secondary N) is 1. The van der Waals surface area contributed by atoms with Crippen molar-refractivity contribution in [2.45, 2.75) is 29.5 Å². The van der Waals surface area contributed by atoms with E-state index in [0.717, 1.165) is 21.7 Å². The summed E-state index contributed by atoms with van der Waals surface area (Å²) in [6.45, 7) is 1.09. The maximum absolute atomic E-state index is 11.8. The largest absolute Gasteiger partial charge is 0.481 e. The number of carboxylic acid groups (broad SMARTS) is 2. The van der Waals surface area contributed by atoms with Crippen LogP contribution in [0.25, 0.3) is 0 Å². The Hall–Kier alpha value is -2.16. The maximum atomic E-state index is 11.8. The molecule has 0 amide bonds. The van der Waals surface area contributed by atoms with Crippen LogP contribution in [0.4, 0.5) is 0 Å². The third kappa shape index (κ3) is 4.81. The highest BCUT2D eigenvalue weighted by Crippen LogP contribution is 2.37. The molecule has 0 spiro atoms. The van der Waals surface area contributed by atoms with Gasteiger partial charge in [-0.1, -0.05) is 29.4 Å². The Balaban J connectivity index is 1.96. The van der Waals surface area contributed by atoms with E-state index >= 15 is 0 Å². The molecule has 3 rings (SSSR count). The van der Waals surface area contributed by atoms with E-state index in [9.17, 15) is 14.7 Å². The summed E-state index contributed by atoms with van der Waals surface area (Å²) in [5.41, 5.74) is 2.79. The average Bonchev–Trinajstić information content (AvgIpc) is 2.88. The molecule has 28 heavy (non-hydrogen) atoms. The highest BCUT2D eigenvalue weighted by Gasteiger charge is 2.34. The zero-order chi connectivity index (χ0) is 20.1. The average molecular weight is 422 g/mol. The van der Waals surface area contributed by atoms with Gasteiger partial charge in [0.1, 0.15) is 5.03 Å². The van der Waals surface area contributed by atoms with Crippen LogP contribution in [0.1, 0.15) is 29.0 Å². The summed E-state index contributed by atoms with van der Waals surface area (Å²) in [6, 6.07) is 7.28. The number of aliphatic carboxylic acids is 2. The Labute approximate surface area is 171 Å². The number of nitrogens with zero attached hydrogens (tertiary/aromatic N) is 2. The van der Waals surface area contributed by atoms with Crippen LogP contribution in [0, 0.1) is 5.92 Å². The lowest BCUT2D eigenvalue weighted by Gasteiger charge is -2.25. The zero-order valence-electron chi connectivity index (χ0n) is 15.0. The number of carboxylic acids is 2. The quantitative estimate of drug-likeness (QED) is 0.585. The van der Waals surface area contributed by atoms with Crippen LogP contribution in [0.5, 0.6) is 0 Å². The lowest BCUT2D eigenvalue weighted by Crippen LogP contribution is -2.31. The molecule has 2 atom stereocenters. The van der Waals surface area contributed by atoms with Crippen molar-refractivity contribution in [2.24, 2.45) is 5.92 Å². The molecule has 0 fully saturated rings. The number of rotatable bonds is 7. The molecule has 0 saturated heterocycles. The fourth-order valence-corrected chi connectivity index (χ4v) is 4.75. The van der Waals surface area contributed by atoms with Crippen molar-refractivity contribution < 1.29 is 19.8 Å². The van der Waals surface area contributed by atoms with Gasteiger partial charge in [0.25, 0.3) is 0 Å². The Bertz CT molecular complexity index is 866. The number of thioether (sulfide) groups is 1. The van der Waals surface area contributed by atoms with Crippen molar-refractivity contribution >= 4 is 35.3 Å². The SMILES string of the molecule is O=C(O)CC(C(=O)O)C1CNCCc2c1ccc(Cl)c2CSc1cccnn1. The second-order valence-corrected chi connectivity index (χ2v) is 7.95. The molecule has 9 heteroatoms. The predicted molar refractivity (Wildman–Crippen MR) is 106 cm³/mol. The van der Waals surface area contributed by atoms with Crippen LogP contribution in [0.3, 0.4) is 0 Å². The number of aromatic nitrogens is 2. The number of benzene rings is 1. The van der Waals surface area contributed by atoms with Crippen LogP contribution in [-0.2, 0) is 21.8 Å². The summed E-state index contributed by atoms with van der Waals surface area (Å²) in [5.74, 6) is -3.10. The fourth-order valence-electron chi connectivity index (χ4n) is 3.52. The molecule has 0 aliphatic carbocycles. The molecule has 2 heterocycles. The minimum atomic E-state index is -1.12. The third-order valence-electron chi connectivity index (χ3n) is 4.84. The van der Waals surface area contributed by atoms with Crippen LogP contribution in [-0.4, -0.2) is 45.4 Å². The Morgan fingerprint density at radius 3 is 2.82 bits per heavy atom. The third-order valence-corrected chi connectivity index (χ3v) is 6.14. The first-order chi connectivity index (χ1) is 13.5. The minimum absolute atomic E-state index is 0.412. The van der Waals surface area contributed by atoms with Crippen molar-refractivity contribution in [3.63, 3.8) is 0 Å². The Morgan fingerprint density at radius 2 is 2.14 bits per heavy atom. The first kappa shape index (κ1) is 20.6. The van der Waals surface area contributed by atoms with Crippen LogP contribution in [0.2, 0.25) is 5.02 Å². The van der Waals surface area contributed by atoms with Gasteiger partial charge in [-0.05, 0) is 47.9 Å². The zero-order valence-corrected chi connectivity index (χ0v) is 16.5. The second kappa shape index (κ2) is 9.36. The summed E-state index contributed by atoms with van der Waals surface area (Å²) in [4.78, 5) is 23.0. The number of carbonyl (C=O) groups is 2. The van der Waals surface area contributed by atoms with Gasteiger partial charge in [-0.15, -0.1) is 5.10 Å². The molecule has 1 aromatic carbocycles. The number of fused-ring (bicyclic) bond motifs is 1. The molecule has 2 aromatic rings. The number of halogens is 1.